The van der Waals surface area contributed by atoms with Crippen molar-refractivity contribution >= 4 is 50.2 Å². The molecular formula is C18H15ClFN3O3S3. The van der Waals surface area contributed by atoms with Gasteiger partial charge < -0.3 is 4.90 Å². The topological polar surface area (TPSA) is 70.6 Å². The normalized spacial score (nSPS) is 15.6. The summed E-state index contributed by atoms with van der Waals surface area (Å²) < 4.78 is 41.2. The van der Waals surface area contributed by atoms with Gasteiger partial charge in [0.15, 0.2) is 0 Å². The summed E-state index contributed by atoms with van der Waals surface area (Å²) in [5.74, 6) is -0.687. The van der Waals surface area contributed by atoms with E-state index in [0.29, 0.717) is 14.9 Å². The van der Waals surface area contributed by atoms with Gasteiger partial charge in [-0.2, -0.15) is 4.31 Å². The molecule has 29 heavy (non-hydrogen) atoms. The average molecular weight is 472 g/mol. The number of hydrogen-bond donors (Lipinski definition) is 0. The molecule has 1 aliphatic heterocycles. The molecule has 1 amide bonds. The van der Waals surface area contributed by atoms with E-state index < -0.39 is 15.8 Å². The van der Waals surface area contributed by atoms with Crippen molar-refractivity contribution in [1.82, 2.24) is 14.2 Å². The first kappa shape index (κ1) is 20.4. The molecule has 2 aromatic heterocycles. The Labute approximate surface area is 180 Å². The van der Waals surface area contributed by atoms with Crippen molar-refractivity contribution in [2.45, 2.75) is 4.21 Å². The van der Waals surface area contributed by atoms with Crippen LogP contribution in [0.1, 0.15) is 10.5 Å². The maximum absolute atomic E-state index is 13.9. The van der Waals surface area contributed by atoms with Gasteiger partial charge in [0.1, 0.15) is 20.7 Å². The number of rotatable bonds is 4. The lowest BCUT2D eigenvalue weighted by molar-refractivity contribution is 0.0693. The zero-order valence-electron chi connectivity index (χ0n) is 14.9. The van der Waals surface area contributed by atoms with E-state index in [1.54, 1.807) is 34.5 Å². The Morgan fingerprint density at radius 2 is 1.83 bits per heavy atom. The highest BCUT2D eigenvalue weighted by Gasteiger charge is 2.32. The quantitative estimate of drug-likeness (QED) is 0.580. The van der Waals surface area contributed by atoms with Crippen LogP contribution < -0.4 is 0 Å². The number of hydrogen-bond acceptors (Lipinski definition) is 6. The number of thiazole rings is 1. The summed E-state index contributed by atoms with van der Waals surface area (Å²) in [6.07, 6.45) is 0. The van der Waals surface area contributed by atoms with Gasteiger partial charge in [0.2, 0.25) is 0 Å². The molecule has 0 unspecified atom stereocenters. The highest BCUT2D eigenvalue weighted by molar-refractivity contribution is 7.91. The van der Waals surface area contributed by atoms with Gasteiger partial charge in [-0.15, -0.1) is 22.7 Å². The van der Waals surface area contributed by atoms with E-state index >= 15 is 0 Å². The van der Waals surface area contributed by atoms with Crippen LogP contribution >= 0.6 is 34.3 Å². The summed E-state index contributed by atoms with van der Waals surface area (Å²) in [5.41, 5.74) is 0.580. The fourth-order valence-electron chi connectivity index (χ4n) is 2.99. The first-order valence-corrected chi connectivity index (χ1v) is 12.1. The summed E-state index contributed by atoms with van der Waals surface area (Å²) in [6.45, 7) is 0.884. The molecule has 1 fully saturated rings. The maximum Gasteiger partial charge on any atom is 0.273 e. The molecule has 152 valence electrons. The van der Waals surface area contributed by atoms with Crippen molar-refractivity contribution in [2.75, 3.05) is 26.2 Å². The Morgan fingerprint density at radius 1 is 1.10 bits per heavy atom. The lowest BCUT2D eigenvalue weighted by Crippen LogP contribution is -2.50. The average Bonchev–Trinajstić information content (AvgIpc) is 3.38. The number of piperazine rings is 1. The number of carbonyl (C=O) groups excluding carboxylic acids is 1. The van der Waals surface area contributed by atoms with Crippen LogP contribution in [0.3, 0.4) is 0 Å². The number of halogens is 2. The fourth-order valence-corrected chi connectivity index (χ4v) is 6.87. The van der Waals surface area contributed by atoms with Crippen LogP contribution in [0.4, 0.5) is 4.39 Å². The molecule has 0 spiro atoms. The number of nitrogens with zero attached hydrogens (tertiary/aromatic N) is 3. The van der Waals surface area contributed by atoms with Crippen LogP contribution in [-0.4, -0.2) is 54.7 Å². The highest BCUT2D eigenvalue weighted by atomic mass is 35.5. The summed E-state index contributed by atoms with van der Waals surface area (Å²) in [7, 11) is -3.62. The second-order valence-electron chi connectivity index (χ2n) is 6.27. The van der Waals surface area contributed by atoms with Gasteiger partial charge in [0, 0.05) is 37.1 Å². The largest absolute Gasteiger partial charge is 0.335 e. The molecule has 1 aromatic carbocycles. The Bertz CT molecular complexity index is 1150. The van der Waals surface area contributed by atoms with E-state index in [-0.39, 0.29) is 42.0 Å². The zero-order valence-corrected chi connectivity index (χ0v) is 18.1. The fraction of sp³-hybridized carbons (Fsp3) is 0.222. The second kappa shape index (κ2) is 8.11. The van der Waals surface area contributed by atoms with E-state index in [2.05, 4.69) is 4.98 Å². The smallest absolute Gasteiger partial charge is 0.273 e. The van der Waals surface area contributed by atoms with Crippen LogP contribution in [0.5, 0.6) is 0 Å². The van der Waals surface area contributed by atoms with E-state index in [0.717, 1.165) is 11.3 Å². The van der Waals surface area contributed by atoms with Crippen LogP contribution in [0.25, 0.3) is 10.6 Å². The molecule has 4 rings (SSSR count). The van der Waals surface area contributed by atoms with E-state index in [9.17, 15) is 17.6 Å². The molecule has 3 aromatic rings. The third-order valence-electron chi connectivity index (χ3n) is 4.50. The number of sulfonamides is 1. The van der Waals surface area contributed by atoms with Gasteiger partial charge in [0.25, 0.3) is 15.9 Å². The first-order chi connectivity index (χ1) is 13.9. The van der Waals surface area contributed by atoms with E-state index in [4.69, 9.17) is 11.6 Å². The van der Waals surface area contributed by atoms with Gasteiger partial charge in [-0.05, 0) is 24.3 Å². The van der Waals surface area contributed by atoms with Crippen LogP contribution in [0.2, 0.25) is 4.34 Å². The highest BCUT2D eigenvalue weighted by Crippen LogP contribution is 2.29. The molecule has 6 nitrogen and oxygen atoms in total. The van der Waals surface area contributed by atoms with Gasteiger partial charge in [-0.1, -0.05) is 23.7 Å². The minimum Gasteiger partial charge on any atom is -0.335 e. The number of carbonyl (C=O) groups is 1. The minimum atomic E-state index is -3.62. The molecule has 0 N–H and O–H groups in total. The van der Waals surface area contributed by atoms with Crippen LogP contribution in [0, 0.1) is 5.82 Å². The van der Waals surface area contributed by atoms with Gasteiger partial charge in [0.05, 0.1) is 4.34 Å². The zero-order chi connectivity index (χ0) is 20.6. The van der Waals surface area contributed by atoms with Crippen molar-refractivity contribution in [3.63, 3.8) is 0 Å². The lowest BCUT2D eigenvalue weighted by Gasteiger charge is -2.33. The number of amides is 1. The number of aromatic nitrogens is 1. The molecule has 0 radical (unpaired) electrons. The molecular weight excluding hydrogens is 457 g/mol. The first-order valence-electron chi connectivity index (χ1n) is 8.61. The molecule has 0 atom stereocenters. The third-order valence-corrected chi connectivity index (χ3v) is 8.97. The Balaban J connectivity index is 1.44. The van der Waals surface area contributed by atoms with Crippen molar-refractivity contribution in [2.24, 2.45) is 0 Å². The third kappa shape index (κ3) is 4.08. The van der Waals surface area contributed by atoms with Crippen LogP contribution in [-0.2, 0) is 10.0 Å². The Kier molecular flexibility index (Phi) is 5.71. The maximum atomic E-state index is 13.9. The summed E-state index contributed by atoms with van der Waals surface area (Å²) >= 11 is 8.05. The van der Waals surface area contributed by atoms with Gasteiger partial charge >= 0.3 is 0 Å². The van der Waals surface area contributed by atoms with Crippen LogP contribution in [0.15, 0.2) is 46.0 Å². The Morgan fingerprint density at radius 3 is 2.48 bits per heavy atom. The number of thiophene rings is 1. The standard InChI is InChI=1S/C18H15ClFN3O3S3/c19-15-5-6-16(28-15)29(25,26)23-9-7-22(8-10-23)18(24)14-11-27-17(21-14)12-3-1-2-4-13(12)20/h1-6,11H,7-10H2. The van der Waals surface area contributed by atoms with Crippen molar-refractivity contribution in [3.8, 4) is 10.6 Å². The molecule has 1 saturated heterocycles. The predicted molar refractivity (Wildman–Crippen MR) is 111 cm³/mol. The molecule has 3 heterocycles. The summed E-state index contributed by atoms with van der Waals surface area (Å²) in [6, 6.07) is 9.30. The SMILES string of the molecule is O=C(c1csc(-c2ccccc2F)n1)N1CCN(S(=O)(=O)c2ccc(Cl)s2)CC1. The monoisotopic (exact) mass is 471 g/mol. The molecule has 0 saturated carbocycles. The predicted octanol–water partition coefficient (Wildman–Crippen LogP) is 3.81. The van der Waals surface area contributed by atoms with E-state index in [1.807, 2.05) is 0 Å². The van der Waals surface area contributed by atoms with Crippen molar-refractivity contribution in [1.29, 1.82) is 0 Å². The van der Waals surface area contributed by atoms with Gasteiger partial charge in [-0.25, -0.2) is 17.8 Å². The summed E-state index contributed by atoms with van der Waals surface area (Å²) in [4.78, 5) is 18.6. The van der Waals surface area contributed by atoms with E-state index in [1.165, 1.54) is 27.8 Å². The van der Waals surface area contributed by atoms with Gasteiger partial charge in [-0.3, -0.25) is 4.79 Å². The molecule has 0 aliphatic carbocycles. The van der Waals surface area contributed by atoms with Crippen molar-refractivity contribution < 1.29 is 17.6 Å². The number of benzene rings is 1. The molecule has 0 bridgehead atoms. The second-order valence-corrected chi connectivity index (χ2v) is 11.0. The lowest BCUT2D eigenvalue weighted by atomic mass is 10.2. The molecule has 11 heteroatoms. The minimum absolute atomic E-state index is 0.188. The Hall–Kier alpha value is -1.85. The summed E-state index contributed by atoms with van der Waals surface area (Å²) in [5, 5.41) is 2.03. The molecule has 1 aliphatic rings. The van der Waals surface area contributed by atoms with Crippen molar-refractivity contribution in [3.05, 3.63) is 57.6 Å².